The van der Waals surface area contributed by atoms with Gasteiger partial charge in [0.1, 0.15) is 10.2 Å². The molecule has 29 heavy (non-hydrogen) atoms. The van der Waals surface area contributed by atoms with Gasteiger partial charge in [0.15, 0.2) is 0 Å². The highest BCUT2D eigenvalue weighted by Crippen LogP contribution is 2.31. The van der Waals surface area contributed by atoms with Crippen LogP contribution >= 0.6 is 34.5 Å². The fraction of sp³-hybridized carbons (Fsp3) is 0.105. The molecule has 1 heterocycles. The van der Waals surface area contributed by atoms with Gasteiger partial charge in [0.05, 0.1) is 14.8 Å². The van der Waals surface area contributed by atoms with Crippen LogP contribution in [0.25, 0.3) is 0 Å². The van der Waals surface area contributed by atoms with Crippen LogP contribution in [-0.4, -0.2) is 14.3 Å². The number of carbonyl (C=O) groups excluding carboxylic acids is 1. The molecule has 10 heteroatoms. The molecule has 0 spiro atoms. The summed E-state index contributed by atoms with van der Waals surface area (Å²) >= 11 is 12.9. The second kappa shape index (κ2) is 9.23. The quantitative estimate of drug-likeness (QED) is 0.527. The minimum absolute atomic E-state index is 0.0391. The molecule has 2 aromatic carbocycles. The summed E-state index contributed by atoms with van der Waals surface area (Å²) in [5.74, 6) is -0.845. The first-order valence-electron chi connectivity index (χ1n) is 8.31. The predicted octanol–water partition coefficient (Wildman–Crippen LogP) is 4.60. The lowest BCUT2D eigenvalue weighted by molar-refractivity contribution is 0.0951. The second-order valence-corrected chi connectivity index (χ2v) is 10.1. The summed E-state index contributed by atoms with van der Waals surface area (Å²) in [6.45, 7) is 0.0638. The first-order valence-corrected chi connectivity index (χ1v) is 11.4. The monoisotopic (exact) mass is 472 g/mol. The van der Waals surface area contributed by atoms with E-state index in [0.717, 1.165) is 11.3 Å². The number of hydrogen-bond acceptors (Lipinski definition) is 4. The Labute approximate surface area is 181 Å². The number of hydrogen-bond donors (Lipinski definition) is 2. The Balaban J connectivity index is 1.66. The maximum atomic E-state index is 13.2. The van der Waals surface area contributed by atoms with Crippen molar-refractivity contribution in [3.63, 3.8) is 0 Å². The van der Waals surface area contributed by atoms with Gasteiger partial charge in [-0.1, -0.05) is 47.5 Å². The molecule has 0 bridgehead atoms. The first-order chi connectivity index (χ1) is 13.7. The average molecular weight is 473 g/mol. The Morgan fingerprint density at radius 3 is 2.34 bits per heavy atom. The third kappa shape index (κ3) is 5.77. The fourth-order valence-corrected chi connectivity index (χ4v) is 5.05. The van der Waals surface area contributed by atoms with Crippen LogP contribution in [0.2, 0.25) is 8.67 Å². The number of nitrogens with one attached hydrogen (secondary N) is 2. The molecule has 0 atom stereocenters. The van der Waals surface area contributed by atoms with Crippen molar-refractivity contribution in [2.24, 2.45) is 0 Å². The van der Waals surface area contributed by atoms with Crippen molar-refractivity contribution in [1.29, 1.82) is 0 Å². The smallest absolute Gasteiger partial charge is 0.253 e. The molecule has 2 N–H and O–H groups in total. The van der Waals surface area contributed by atoms with Crippen LogP contribution in [0, 0.1) is 5.82 Å². The van der Waals surface area contributed by atoms with Crippen molar-refractivity contribution in [2.75, 3.05) is 0 Å². The molecular weight excluding hydrogens is 458 g/mol. The van der Waals surface area contributed by atoms with Crippen molar-refractivity contribution in [3.8, 4) is 0 Å². The van der Waals surface area contributed by atoms with Crippen LogP contribution in [0.3, 0.4) is 0 Å². The van der Waals surface area contributed by atoms with Crippen LogP contribution in [0.5, 0.6) is 0 Å². The van der Waals surface area contributed by atoms with Gasteiger partial charge in [0.2, 0.25) is 10.0 Å². The van der Waals surface area contributed by atoms with E-state index in [-0.39, 0.29) is 27.9 Å². The molecule has 0 aliphatic rings. The molecule has 0 aliphatic carbocycles. The number of rotatable bonds is 7. The van der Waals surface area contributed by atoms with Crippen LogP contribution in [0.1, 0.15) is 21.5 Å². The van der Waals surface area contributed by atoms with E-state index >= 15 is 0 Å². The zero-order chi connectivity index (χ0) is 21.0. The Morgan fingerprint density at radius 1 is 1.00 bits per heavy atom. The highest BCUT2D eigenvalue weighted by molar-refractivity contribution is 7.89. The summed E-state index contributed by atoms with van der Waals surface area (Å²) in [5.41, 5.74) is 1.36. The summed E-state index contributed by atoms with van der Waals surface area (Å²) in [6.07, 6.45) is 0. The van der Waals surface area contributed by atoms with Gasteiger partial charge in [-0.15, -0.1) is 11.3 Å². The molecule has 0 unspecified atom stereocenters. The number of benzene rings is 2. The average Bonchev–Trinajstić information content (AvgIpc) is 3.03. The molecule has 152 valence electrons. The zero-order valence-corrected chi connectivity index (χ0v) is 17.9. The SMILES string of the molecule is O=C(NCc1cccc(S(=O)(=O)NCc2cccc(F)c2)c1)c1cc(Cl)sc1Cl. The highest BCUT2D eigenvalue weighted by atomic mass is 35.5. The van der Waals surface area contributed by atoms with Crippen molar-refractivity contribution < 1.29 is 17.6 Å². The molecular formula is C19H15Cl2FN2O3S2. The topological polar surface area (TPSA) is 75.3 Å². The standard InChI is InChI=1S/C19H15Cl2FN2O3S2/c20-17-9-16(18(21)28-17)19(25)23-10-13-4-2-6-15(8-13)29(26,27)24-11-12-3-1-5-14(22)7-12/h1-9,24H,10-11H2,(H,23,25). The van der Waals surface area contributed by atoms with Gasteiger partial charge in [0, 0.05) is 13.1 Å². The summed E-state index contributed by atoms with van der Waals surface area (Å²) in [4.78, 5) is 12.3. The maximum absolute atomic E-state index is 13.2. The molecule has 5 nitrogen and oxygen atoms in total. The minimum Gasteiger partial charge on any atom is -0.348 e. The molecule has 0 fully saturated rings. The number of sulfonamides is 1. The van der Waals surface area contributed by atoms with E-state index in [4.69, 9.17) is 23.2 Å². The molecule has 0 aliphatic heterocycles. The van der Waals surface area contributed by atoms with E-state index < -0.39 is 21.7 Å². The first kappa shape index (κ1) is 21.7. The maximum Gasteiger partial charge on any atom is 0.253 e. The third-order valence-corrected chi connectivity index (χ3v) is 6.80. The predicted molar refractivity (Wildman–Crippen MR) is 112 cm³/mol. The van der Waals surface area contributed by atoms with E-state index in [1.807, 2.05) is 0 Å². The summed E-state index contributed by atoms with van der Waals surface area (Å²) in [5, 5.41) is 2.68. The minimum atomic E-state index is -3.81. The third-order valence-electron chi connectivity index (χ3n) is 3.92. The van der Waals surface area contributed by atoms with E-state index in [1.165, 1.54) is 36.4 Å². The molecule has 1 amide bonds. The van der Waals surface area contributed by atoms with Gasteiger partial charge in [-0.2, -0.15) is 0 Å². The highest BCUT2D eigenvalue weighted by Gasteiger charge is 2.16. The molecule has 0 radical (unpaired) electrons. The molecule has 1 aromatic heterocycles. The largest absolute Gasteiger partial charge is 0.348 e. The van der Waals surface area contributed by atoms with Crippen LogP contribution in [-0.2, 0) is 23.1 Å². The van der Waals surface area contributed by atoms with Gasteiger partial charge in [0.25, 0.3) is 5.91 Å². The lowest BCUT2D eigenvalue weighted by Crippen LogP contribution is -2.24. The summed E-state index contributed by atoms with van der Waals surface area (Å²) in [7, 11) is -3.81. The Kier molecular flexibility index (Phi) is 6.92. The number of amides is 1. The number of thiophene rings is 1. The van der Waals surface area contributed by atoms with Gasteiger partial charge in [-0.05, 0) is 41.5 Å². The van der Waals surface area contributed by atoms with E-state index in [9.17, 15) is 17.6 Å². The van der Waals surface area contributed by atoms with Crippen LogP contribution in [0.4, 0.5) is 4.39 Å². The van der Waals surface area contributed by atoms with E-state index in [1.54, 1.807) is 18.2 Å². The van der Waals surface area contributed by atoms with Crippen molar-refractivity contribution in [1.82, 2.24) is 10.0 Å². The lowest BCUT2D eigenvalue weighted by atomic mass is 10.2. The number of carbonyl (C=O) groups is 1. The van der Waals surface area contributed by atoms with Gasteiger partial charge >= 0.3 is 0 Å². The van der Waals surface area contributed by atoms with Crippen molar-refractivity contribution in [3.05, 3.63) is 85.8 Å². The Hall–Kier alpha value is -1.97. The van der Waals surface area contributed by atoms with Gasteiger partial charge in [-0.25, -0.2) is 17.5 Å². The Bertz CT molecular complexity index is 1150. The molecule has 3 rings (SSSR count). The van der Waals surface area contributed by atoms with Crippen LogP contribution < -0.4 is 10.0 Å². The van der Waals surface area contributed by atoms with Crippen molar-refractivity contribution in [2.45, 2.75) is 18.0 Å². The van der Waals surface area contributed by atoms with Gasteiger partial charge < -0.3 is 5.32 Å². The van der Waals surface area contributed by atoms with Gasteiger partial charge in [-0.3, -0.25) is 4.79 Å². The van der Waals surface area contributed by atoms with Crippen LogP contribution in [0.15, 0.2) is 59.5 Å². The Morgan fingerprint density at radius 2 is 1.69 bits per heavy atom. The lowest BCUT2D eigenvalue weighted by Gasteiger charge is -2.09. The zero-order valence-electron chi connectivity index (χ0n) is 14.8. The molecule has 0 saturated heterocycles. The van der Waals surface area contributed by atoms with E-state index in [2.05, 4.69) is 10.0 Å². The fourth-order valence-electron chi connectivity index (χ4n) is 2.50. The molecule has 0 saturated carbocycles. The molecule has 3 aromatic rings. The normalized spacial score (nSPS) is 11.4. The van der Waals surface area contributed by atoms with E-state index in [0.29, 0.717) is 15.5 Å². The summed E-state index contributed by atoms with van der Waals surface area (Å²) < 4.78 is 41.4. The summed E-state index contributed by atoms with van der Waals surface area (Å²) in [6, 6.07) is 13.3. The number of halogens is 3. The van der Waals surface area contributed by atoms with Crippen molar-refractivity contribution >= 4 is 50.5 Å². The second-order valence-electron chi connectivity index (χ2n) is 6.02.